The van der Waals surface area contributed by atoms with E-state index in [-0.39, 0.29) is 18.0 Å². The van der Waals surface area contributed by atoms with Crippen molar-refractivity contribution in [1.82, 2.24) is 0 Å². The van der Waals surface area contributed by atoms with Crippen LogP contribution in [0.5, 0.6) is 0 Å². The maximum absolute atomic E-state index is 11.0. The molecule has 0 saturated heterocycles. The number of hydrogen-bond acceptors (Lipinski definition) is 2. The summed E-state index contributed by atoms with van der Waals surface area (Å²) in [5.74, 6) is 0.366. The van der Waals surface area contributed by atoms with Crippen molar-refractivity contribution < 1.29 is 9.59 Å². The lowest BCUT2D eigenvalue weighted by Crippen LogP contribution is -2.06. The highest BCUT2D eigenvalue weighted by molar-refractivity contribution is 6.04. The zero-order chi connectivity index (χ0) is 9.56. The lowest BCUT2D eigenvalue weighted by molar-refractivity contribution is -0.124. The van der Waals surface area contributed by atoms with E-state index in [1.165, 1.54) is 6.08 Å². The van der Waals surface area contributed by atoms with Crippen LogP contribution < -0.4 is 0 Å². The molecule has 2 nitrogen and oxygen atoms in total. The van der Waals surface area contributed by atoms with E-state index in [1.54, 1.807) is 0 Å². The number of Topliss-reactive ketones (excluding diaryl/α,β-unsaturated/α-hetero) is 1. The molecule has 12 heavy (non-hydrogen) atoms. The SMILES string of the molecule is C=CC(=O)CC(=O)CCC(C)C. The van der Waals surface area contributed by atoms with Crippen LogP contribution in [0.1, 0.15) is 33.1 Å². The molecule has 0 spiro atoms. The fraction of sp³-hybridized carbons (Fsp3) is 0.600. The van der Waals surface area contributed by atoms with Crippen LogP contribution in [0.2, 0.25) is 0 Å². The van der Waals surface area contributed by atoms with Crippen LogP contribution >= 0.6 is 0 Å². The first-order valence-electron chi connectivity index (χ1n) is 4.23. The highest BCUT2D eigenvalue weighted by Gasteiger charge is 2.06. The van der Waals surface area contributed by atoms with Gasteiger partial charge in [0.15, 0.2) is 5.78 Å². The van der Waals surface area contributed by atoms with Crippen LogP contribution in [0.25, 0.3) is 0 Å². The van der Waals surface area contributed by atoms with Crippen LogP contribution in [0.15, 0.2) is 12.7 Å². The Hall–Kier alpha value is -0.920. The summed E-state index contributed by atoms with van der Waals surface area (Å²) < 4.78 is 0. The molecule has 0 rings (SSSR count). The van der Waals surface area contributed by atoms with Crippen molar-refractivity contribution in [1.29, 1.82) is 0 Å². The summed E-state index contributed by atoms with van der Waals surface area (Å²) in [5, 5.41) is 0. The average molecular weight is 168 g/mol. The van der Waals surface area contributed by atoms with E-state index in [0.717, 1.165) is 6.42 Å². The zero-order valence-electron chi connectivity index (χ0n) is 7.80. The summed E-state index contributed by atoms with van der Waals surface area (Å²) in [6.45, 7) is 7.42. The number of rotatable bonds is 6. The largest absolute Gasteiger partial charge is 0.299 e. The Labute approximate surface area is 73.7 Å². The van der Waals surface area contributed by atoms with Crippen LogP contribution in [0.4, 0.5) is 0 Å². The predicted molar refractivity (Wildman–Crippen MR) is 48.9 cm³/mol. The van der Waals surface area contributed by atoms with Gasteiger partial charge in [0.05, 0.1) is 6.42 Å². The van der Waals surface area contributed by atoms with E-state index in [1.807, 2.05) is 0 Å². The Morgan fingerprint density at radius 2 is 2.00 bits per heavy atom. The molecule has 0 aliphatic carbocycles. The first-order chi connectivity index (χ1) is 5.56. The van der Waals surface area contributed by atoms with Gasteiger partial charge in [-0.3, -0.25) is 9.59 Å². The van der Waals surface area contributed by atoms with Gasteiger partial charge in [-0.25, -0.2) is 0 Å². The van der Waals surface area contributed by atoms with Crippen LogP contribution in [0, 0.1) is 5.92 Å². The summed E-state index contributed by atoms with van der Waals surface area (Å²) >= 11 is 0. The number of ketones is 2. The van der Waals surface area contributed by atoms with Gasteiger partial charge < -0.3 is 0 Å². The van der Waals surface area contributed by atoms with E-state index in [0.29, 0.717) is 12.3 Å². The van der Waals surface area contributed by atoms with Gasteiger partial charge in [0.25, 0.3) is 0 Å². The Morgan fingerprint density at radius 1 is 1.42 bits per heavy atom. The van der Waals surface area contributed by atoms with E-state index < -0.39 is 0 Å². The lowest BCUT2D eigenvalue weighted by atomic mass is 10.0. The molecule has 0 aromatic carbocycles. The second-order valence-corrected chi connectivity index (χ2v) is 3.32. The third-order valence-corrected chi connectivity index (χ3v) is 1.60. The van der Waals surface area contributed by atoms with E-state index >= 15 is 0 Å². The fourth-order valence-electron chi connectivity index (χ4n) is 0.805. The van der Waals surface area contributed by atoms with Gasteiger partial charge in [0.1, 0.15) is 5.78 Å². The molecule has 0 aromatic heterocycles. The average Bonchev–Trinajstić information content (AvgIpc) is 2.00. The molecule has 0 atom stereocenters. The van der Waals surface area contributed by atoms with Gasteiger partial charge >= 0.3 is 0 Å². The van der Waals surface area contributed by atoms with Gasteiger partial charge in [0.2, 0.25) is 0 Å². The lowest BCUT2D eigenvalue weighted by Gasteiger charge is -2.01. The molecular weight excluding hydrogens is 152 g/mol. The quantitative estimate of drug-likeness (QED) is 0.450. The molecule has 0 fully saturated rings. The minimum Gasteiger partial charge on any atom is -0.299 e. The molecule has 0 aromatic rings. The first kappa shape index (κ1) is 11.1. The van der Waals surface area contributed by atoms with Crippen molar-refractivity contribution in [3.05, 3.63) is 12.7 Å². The summed E-state index contributed by atoms with van der Waals surface area (Å²) in [6.07, 6.45) is 2.60. The number of carbonyl (C=O) groups is 2. The monoisotopic (exact) mass is 168 g/mol. The zero-order valence-corrected chi connectivity index (χ0v) is 7.80. The van der Waals surface area contributed by atoms with E-state index in [9.17, 15) is 9.59 Å². The van der Waals surface area contributed by atoms with Crippen molar-refractivity contribution in [3.8, 4) is 0 Å². The Morgan fingerprint density at radius 3 is 2.42 bits per heavy atom. The Balaban J connectivity index is 3.60. The maximum Gasteiger partial charge on any atom is 0.162 e. The minimum absolute atomic E-state index is 0.0219. The van der Waals surface area contributed by atoms with E-state index in [2.05, 4.69) is 20.4 Å². The molecule has 0 amide bonds. The minimum atomic E-state index is -0.177. The Bertz CT molecular complexity index is 180. The number of carbonyl (C=O) groups excluding carboxylic acids is 2. The number of hydrogen-bond donors (Lipinski definition) is 0. The van der Waals surface area contributed by atoms with Gasteiger partial charge in [-0.1, -0.05) is 20.4 Å². The van der Waals surface area contributed by atoms with Crippen molar-refractivity contribution in [2.24, 2.45) is 5.92 Å². The van der Waals surface area contributed by atoms with Crippen LogP contribution in [-0.2, 0) is 9.59 Å². The molecule has 0 heterocycles. The maximum atomic E-state index is 11.0. The van der Waals surface area contributed by atoms with Gasteiger partial charge in [0, 0.05) is 6.42 Å². The van der Waals surface area contributed by atoms with Crippen molar-refractivity contribution in [2.75, 3.05) is 0 Å². The van der Waals surface area contributed by atoms with Crippen molar-refractivity contribution in [2.45, 2.75) is 33.1 Å². The Kier molecular flexibility index (Phi) is 5.26. The molecule has 0 aliphatic rings. The smallest absolute Gasteiger partial charge is 0.162 e. The number of allylic oxidation sites excluding steroid dienone is 1. The van der Waals surface area contributed by atoms with Crippen molar-refractivity contribution in [3.63, 3.8) is 0 Å². The summed E-state index contributed by atoms with van der Waals surface area (Å²) in [5.41, 5.74) is 0. The second-order valence-electron chi connectivity index (χ2n) is 3.32. The third kappa shape index (κ3) is 5.83. The summed E-state index contributed by atoms with van der Waals surface area (Å²) in [4.78, 5) is 21.8. The highest BCUT2D eigenvalue weighted by Crippen LogP contribution is 2.05. The second kappa shape index (κ2) is 5.70. The van der Waals surface area contributed by atoms with Gasteiger partial charge in [-0.05, 0) is 18.4 Å². The third-order valence-electron chi connectivity index (χ3n) is 1.60. The predicted octanol–water partition coefficient (Wildman–Crippen LogP) is 2.14. The topological polar surface area (TPSA) is 34.1 Å². The molecule has 0 saturated carbocycles. The van der Waals surface area contributed by atoms with Crippen LogP contribution in [0.3, 0.4) is 0 Å². The summed E-state index contributed by atoms with van der Waals surface area (Å²) in [7, 11) is 0. The molecular formula is C10H16O2. The standard InChI is InChI=1S/C10H16O2/c1-4-9(11)7-10(12)6-5-8(2)3/h4,8H,1,5-7H2,2-3H3. The highest BCUT2D eigenvalue weighted by atomic mass is 16.1. The molecule has 0 bridgehead atoms. The molecule has 0 unspecified atom stereocenters. The van der Waals surface area contributed by atoms with Gasteiger partial charge in [-0.15, -0.1) is 0 Å². The van der Waals surface area contributed by atoms with Crippen LogP contribution in [-0.4, -0.2) is 11.6 Å². The molecule has 2 heteroatoms. The molecule has 68 valence electrons. The molecule has 0 aliphatic heterocycles. The van der Waals surface area contributed by atoms with Crippen molar-refractivity contribution >= 4 is 11.6 Å². The normalized spacial score (nSPS) is 9.92. The first-order valence-corrected chi connectivity index (χ1v) is 4.23. The molecule has 0 radical (unpaired) electrons. The summed E-state index contributed by atoms with van der Waals surface area (Å²) in [6, 6.07) is 0. The van der Waals surface area contributed by atoms with E-state index in [4.69, 9.17) is 0 Å². The fourth-order valence-corrected chi connectivity index (χ4v) is 0.805. The molecule has 0 N–H and O–H groups in total. The van der Waals surface area contributed by atoms with Gasteiger partial charge in [-0.2, -0.15) is 0 Å².